The standard InChI is InChI=1S/C11H19ClNO4/c1-11(2,3)17-10(15)13(9(14)16-4)7-5-6-8(13)12/h8H,5-7H2,1-4H3/q+1/t8-,13?/m1/s1. The molecule has 1 unspecified atom stereocenters. The molecule has 0 aromatic carbocycles. The van der Waals surface area contributed by atoms with E-state index in [1.54, 1.807) is 20.8 Å². The molecular weight excluding hydrogens is 246 g/mol. The van der Waals surface area contributed by atoms with E-state index in [1.807, 2.05) is 0 Å². The van der Waals surface area contributed by atoms with Gasteiger partial charge in [-0.1, -0.05) is 11.6 Å². The Labute approximate surface area is 106 Å². The molecule has 0 N–H and O–H groups in total. The number of hydrogen-bond acceptors (Lipinski definition) is 4. The lowest BCUT2D eigenvalue weighted by molar-refractivity contribution is -0.784. The van der Waals surface area contributed by atoms with Crippen LogP contribution in [-0.4, -0.2) is 41.4 Å². The summed E-state index contributed by atoms with van der Waals surface area (Å²) in [6, 6.07) is 0. The quantitative estimate of drug-likeness (QED) is 0.384. The van der Waals surface area contributed by atoms with Crippen molar-refractivity contribution in [2.75, 3.05) is 13.7 Å². The lowest BCUT2D eigenvalue weighted by Gasteiger charge is -2.31. The third kappa shape index (κ3) is 2.72. The maximum Gasteiger partial charge on any atom is 0.528 e. The predicted molar refractivity (Wildman–Crippen MR) is 62.6 cm³/mol. The number of carbonyl (C=O) groups is 2. The minimum Gasteiger partial charge on any atom is -0.423 e. The summed E-state index contributed by atoms with van der Waals surface area (Å²) in [6.45, 7) is 5.57. The van der Waals surface area contributed by atoms with Crippen LogP contribution in [0.25, 0.3) is 0 Å². The summed E-state index contributed by atoms with van der Waals surface area (Å²) >= 11 is 6.10. The number of likely N-dealkylation sites (tertiary alicyclic amines) is 1. The average molecular weight is 265 g/mol. The van der Waals surface area contributed by atoms with E-state index in [0.29, 0.717) is 19.4 Å². The van der Waals surface area contributed by atoms with Gasteiger partial charge in [0.1, 0.15) is 12.1 Å². The summed E-state index contributed by atoms with van der Waals surface area (Å²) in [5.74, 6) is 0. The van der Waals surface area contributed by atoms with E-state index >= 15 is 0 Å². The van der Waals surface area contributed by atoms with Crippen molar-refractivity contribution >= 4 is 23.8 Å². The van der Waals surface area contributed by atoms with Gasteiger partial charge in [0.15, 0.2) is 5.50 Å². The van der Waals surface area contributed by atoms with Gasteiger partial charge in [-0.2, -0.15) is 9.59 Å². The van der Waals surface area contributed by atoms with Gasteiger partial charge in [0, 0.05) is 12.8 Å². The van der Waals surface area contributed by atoms with Crippen molar-refractivity contribution in [3.63, 3.8) is 0 Å². The zero-order valence-corrected chi connectivity index (χ0v) is 11.4. The first-order valence-corrected chi connectivity index (χ1v) is 6.01. The van der Waals surface area contributed by atoms with E-state index in [1.165, 1.54) is 7.11 Å². The van der Waals surface area contributed by atoms with Crippen molar-refractivity contribution in [1.29, 1.82) is 0 Å². The Morgan fingerprint density at radius 2 is 1.88 bits per heavy atom. The zero-order valence-electron chi connectivity index (χ0n) is 10.7. The second-order valence-corrected chi connectivity index (χ2v) is 5.62. The average Bonchev–Trinajstić information content (AvgIpc) is 2.57. The predicted octanol–water partition coefficient (Wildman–Crippen LogP) is 2.86. The Kier molecular flexibility index (Phi) is 4.04. The second kappa shape index (κ2) is 4.82. The van der Waals surface area contributed by atoms with Gasteiger partial charge >= 0.3 is 12.2 Å². The van der Waals surface area contributed by atoms with Gasteiger partial charge < -0.3 is 9.47 Å². The molecule has 0 radical (unpaired) electrons. The van der Waals surface area contributed by atoms with E-state index in [9.17, 15) is 9.59 Å². The molecule has 1 fully saturated rings. The third-order valence-electron chi connectivity index (χ3n) is 2.65. The molecule has 1 aliphatic heterocycles. The fourth-order valence-corrected chi connectivity index (χ4v) is 2.27. The molecule has 2 amide bonds. The Balaban J connectivity index is 3.00. The van der Waals surface area contributed by atoms with E-state index in [-0.39, 0.29) is 0 Å². The van der Waals surface area contributed by atoms with Crippen LogP contribution < -0.4 is 0 Å². The summed E-state index contributed by atoms with van der Waals surface area (Å²) in [5, 5.41) is 0. The first-order chi connectivity index (χ1) is 7.74. The van der Waals surface area contributed by atoms with Crippen molar-refractivity contribution in [3.05, 3.63) is 0 Å². The molecule has 17 heavy (non-hydrogen) atoms. The molecule has 1 heterocycles. The van der Waals surface area contributed by atoms with E-state index < -0.39 is 27.8 Å². The van der Waals surface area contributed by atoms with Crippen LogP contribution in [0.1, 0.15) is 33.6 Å². The normalized spacial score (nSPS) is 28.9. The number of amides is 2. The van der Waals surface area contributed by atoms with Gasteiger partial charge in [-0.05, 0) is 20.8 Å². The fourth-order valence-electron chi connectivity index (χ4n) is 1.86. The summed E-state index contributed by atoms with van der Waals surface area (Å²) in [6.07, 6.45) is -0.00288. The number of quaternary nitrogens is 1. The van der Waals surface area contributed by atoms with Gasteiger partial charge in [0.2, 0.25) is 0 Å². The summed E-state index contributed by atoms with van der Waals surface area (Å²) in [7, 11) is 1.24. The first kappa shape index (κ1) is 14.3. The van der Waals surface area contributed by atoms with Gasteiger partial charge in [-0.15, -0.1) is 4.48 Å². The van der Waals surface area contributed by atoms with Crippen LogP contribution in [0.15, 0.2) is 0 Å². The van der Waals surface area contributed by atoms with E-state index in [2.05, 4.69) is 0 Å². The monoisotopic (exact) mass is 264 g/mol. The van der Waals surface area contributed by atoms with Gasteiger partial charge in [0.25, 0.3) is 0 Å². The van der Waals surface area contributed by atoms with Crippen LogP contribution in [0.4, 0.5) is 9.59 Å². The lowest BCUT2D eigenvalue weighted by Crippen LogP contribution is -2.59. The fraction of sp³-hybridized carbons (Fsp3) is 0.818. The van der Waals surface area contributed by atoms with Gasteiger partial charge in [-0.3, -0.25) is 0 Å². The minimum atomic E-state index is -0.657. The smallest absolute Gasteiger partial charge is 0.423 e. The van der Waals surface area contributed by atoms with E-state index in [4.69, 9.17) is 21.1 Å². The molecule has 0 aliphatic carbocycles. The highest BCUT2D eigenvalue weighted by molar-refractivity contribution is 6.20. The van der Waals surface area contributed by atoms with Crippen molar-refractivity contribution < 1.29 is 23.5 Å². The summed E-state index contributed by atoms with van der Waals surface area (Å²) in [5.41, 5.74) is -1.27. The van der Waals surface area contributed by atoms with Crippen molar-refractivity contribution in [3.8, 4) is 0 Å². The van der Waals surface area contributed by atoms with Crippen molar-refractivity contribution in [2.45, 2.75) is 44.7 Å². The first-order valence-electron chi connectivity index (χ1n) is 5.58. The Morgan fingerprint density at radius 1 is 1.29 bits per heavy atom. The number of carbonyl (C=O) groups excluding carboxylic acids is 2. The van der Waals surface area contributed by atoms with Gasteiger partial charge in [0.05, 0.1) is 7.11 Å². The Morgan fingerprint density at radius 3 is 2.24 bits per heavy atom. The topological polar surface area (TPSA) is 52.6 Å². The molecule has 1 saturated heterocycles. The van der Waals surface area contributed by atoms with E-state index in [0.717, 1.165) is 0 Å². The molecule has 2 atom stereocenters. The van der Waals surface area contributed by atoms with Crippen LogP contribution in [0.5, 0.6) is 0 Å². The number of rotatable bonds is 0. The number of halogens is 1. The number of methoxy groups -OCH3 is 1. The highest BCUT2D eigenvalue weighted by Gasteiger charge is 2.57. The molecule has 5 nitrogen and oxygen atoms in total. The van der Waals surface area contributed by atoms with Crippen LogP contribution >= 0.6 is 11.6 Å². The summed E-state index contributed by atoms with van der Waals surface area (Å²) < 4.78 is 9.38. The third-order valence-corrected chi connectivity index (χ3v) is 3.20. The molecule has 0 spiro atoms. The number of ether oxygens (including phenoxy) is 2. The zero-order chi connectivity index (χ0) is 13.3. The number of alkyl halides is 1. The van der Waals surface area contributed by atoms with Crippen molar-refractivity contribution in [1.82, 2.24) is 0 Å². The largest absolute Gasteiger partial charge is 0.528 e. The van der Waals surface area contributed by atoms with Gasteiger partial charge in [-0.25, -0.2) is 0 Å². The highest BCUT2D eigenvalue weighted by atomic mass is 35.5. The van der Waals surface area contributed by atoms with Crippen LogP contribution in [0.2, 0.25) is 0 Å². The SMILES string of the molecule is COC(=O)[N+]1(C(=O)OC(C)(C)C)CCC[C@@H]1Cl. The number of nitrogens with zero attached hydrogens (tertiary/aromatic N) is 1. The van der Waals surface area contributed by atoms with Crippen molar-refractivity contribution in [2.24, 2.45) is 0 Å². The molecule has 1 aliphatic rings. The number of hydrogen-bond donors (Lipinski definition) is 0. The molecule has 0 aromatic rings. The molecule has 0 bridgehead atoms. The highest BCUT2D eigenvalue weighted by Crippen LogP contribution is 2.33. The molecular formula is C11H19ClNO4+. The van der Waals surface area contributed by atoms with Crippen LogP contribution in [0.3, 0.4) is 0 Å². The molecule has 0 aromatic heterocycles. The second-order valence-electron chi connectivity index (χ2n) is 5.12. The van der Waals surface area contributed by atoms with Crippen LogP contribution in [-0.2, 0) is 9.47 Å². The molecule has 6 heteroatoms. The lowest BCUT2D eigenvalue weighted by atomic mass is 10.2. The Bertz CT molecular complexity index is 326. The van der Waals surface area contributed by atoms with Crippen LogP contribution in [0, 0.1) is 0 Å². The number of imide groups is 1. The maximum absolute atomic E-state index is 12.2. The molecule has 0 saturated carbocycles. The summed E-state index contributed by atoms with van der Waals surface area (Å²) in [4.78, 5) is 24.0. The maximum atomic E-state index is 12.2. The Hall–Kier alpha value is -0.810. The molecule has 98 valence electrons. The minimum absolute atomic E-state index is 0.329. The molecule has 1 rings (SSSR count).